The zero-order chi connectivity index (χ0) is 21.6. The van der Waals surface area contributed by atoms with Crippen LogP contribution in [-0.4, -0.2) is 36.9 Å². The van der Waals surface area contributed by atoms with Gasteiger partial charge in [-0.15, -0.1) is 0 Å². The highest BCUT2D eigenvalue weighted by atomic mass is 16.2. The molecule has 0 aliphatic rings. The molecule has 2 rings (SSSR count). The molecule has 2 amide bonds. The number of carbonyl (C=O) groups is 2. The maximum absolute atomic E-state index is 12.4. The number of nitrogens with one attached hydrogen (secondary N) is 2. The minimum absolute atomic E-state index is 0.0755. The highest BCUT2D eigenvalue weighted by molar-refractivity contribution is 5.94. The van der Waals surface area contributed by atoms with Crippen molar-refractivity contribution in [2.24, 2.45) is 0 Å². The Hall–Kier alpha value is -2.66. The van der Waals surface area contributed by atoms with E-state index < -0.39 is 0 Å². The van der Waals surface area contributed by atoms with E-state index in [4.69, 9.17) is 0 Å². The van der Waals surface area contributed by atoms with Crippen molar-refractivity contribution in [3.8, 4) is 0 Å². The Kier molecular flexibility index (Phi) is 7.97. The topological polar surface area (TPSA) is 61.4 Å². The lowest BCUT2D eigenvalue weighted by molar-refractivity contribution is -0.123. The fourth-order valence-electron chi connectivity index (χ4n) is 3.51. The fraction of sp³-hybridized carbons (Fsp3) is 0.417. The average Bonchev–Trinajstić information content (AvgIpc) is 2.64. The van der Waals surface area contributed by atoms with E-state index in [9.17, 15) is 9.59 Å². The van der Waals surface area contributed by atoms with Crippen molar-refractivity contribution in [1.29, 1.82) is 0 Å². The summed E-state index contributed by atoms with van der Waals surface area (Å²) in [5.74, 6) is -0.228. The molecule has 0 spiro atoms. The van der Waals surface area contributed by atoms with Gasteiger partial charge in [-0.25, -0.2) is 0 Å². The number of aryl methyl sites for hydroxylation is 4. The minimum Gasteiger partial charge on any atom is -0.348 e. The van der Waals surface area contributed by atoms with Gasteiger partial charge in [0.1, 0.15) is 0 Å². The number of likely N-dealkylation sites (N-methyl/N-ethyl adjacent to an activating group) is 1. The first-order valence-corrected chi connectivity index (χ1v) is 10.1. The Bertz CT molecular complexity index is 836. The second-order valence-corrected chi connectivity index (χ2v) is 7.88. The summed E-state index contributed by atoms with van der Waals surface area (Å²) in [6.07, 6.45) is 0.996. The molecule has 0 aliphatic carbocycles. The van der Waals surface area contributed by atoms with E-state index in [0.717, 1.165) is 28.8 Å². The number of hydrogen-bond donors (Lipinski definition) is 2. The summed E-state index contributed by atoms with van der Waals surface area (Å²) in [7, 11) is 1.77. The molecule has 0 fully saturated rings. The summed E-state index contributed by atoms with van der Waals surface area (Å²) in [6, 6.07) is 12.3. The Morgan fingerprint density at radius 2 is 1.52 bits per heavy atom. The molecule has 2 aromatic carbocycles. The molecule has 5 heteroatoms. The van der Waals surface area contributed by atoms with Crippen molar-refractivity contribution in [2.75, 3.05) is 25.5 Å². The average molecular weight is 396 g/mol. The third-order valence-corrected chi connectivity index (χ3v) is 5.03. The number of hydrogen-bond acceptors (Lipinski definition) is 3. The largest absolute Gasteiger partial charge is 0.348 e. The molecule has 0 bridgehead atoms. The van der Waals surface area contributed by atoms with E-state index in [1.807, 2.05) is 52.0 Å². The lowest BCUT2D eigenvalue weighted by Gasteiger charge is -2.20. The van der Waals surface area contributed by atoms with Crippen LogP contribution in [-0.2, 0) is 16.0 Å². The zero-order valence-corrected chi connectivity index (χ0v) is 18.4. The number of nitrogens with zero attached hydrogens (tertiary/aromatic N) is 1. The van der Waals surface area contributed by atoms with Crippen LogP contribution in [0.5, 0.6) is 0 Å². The summed E-state index contributed by atoms with van der Waals surface area (Å²) < 4.78 is 0. The van der Waals surface area contributed by atoms with Gasteiger partial charge in [0.2, 0.25) is 11.8 Å². The Balaban J connectivity index is 1.85. The highest BCUT2D eigenvalue weighted by Crippen LogP contribution is 2.21. The van der Waals surface area contributed by atoms with Gasteiger partial charge in [0, 0.05) is 5.69 Å². The second kappa shape index (κ2) is 10.2. The second-order valence-electron chi connectivity index (χ2n) is 7.88. The molecular formula is C24H33N3O2. The first-order valence-electron chi connectivity index (χ1n) is 10.1. The van der Waals surface area contributed by atoms with Gasteiger partial charge >= 0.3 is 0 Å². The van der Waals surface area contributed by atoms with E-state index >= 15 is 0 Å². The third kappa shape index (κ3) is 6.71. The zero-order valence-electron chi connectivity index (χ0n) is 18.4. The van der Waals surface area contributed by atoms with E-state index in [1.165, 1.54) is 11.1 Å². The van der Waals surface area contributed by atoms with Crippen LogP contribution >= 0.6 is 0 Å². The lowest BCUT2D eigenvalue weighted by atomic mass is 10.0. The number of rotatable bonds is 8. The van der Waals surface area contributed by atoms with Gasteiger partial charge in [0.05, 0.1) is 19.1 Å². The van der Waals surface area contributed by atoms with Gasteiger partial charge in [-0.1, -0.05) is 48.9 Å². The summed E-state index contributed by atoms with van der Waals surface area (Å²) >= 11 is 0. The quantitative estimate of drug-likeness (QED) is 0.712. The van der Waals surface area contributed by atoms with E-state index in [2.05, 4.69) is 29.7 Å². The van der Waals surface area contributed by atoms with Crippen LogP contribution < -0.4 is 10.6 Å². The normalized spacial score (nSPS) is 12.0. The molecule has 1 atom stereocenters. The van der Waals surface area contributed by atoms with Crippen LogP contribution in [0.2, 0.25) is 0 Å². The van der Waals surface area contributed by atoms with Gasteiger partial charge < -0.3 is 10.6 Å². The van der Waals surface area contributed by atoms with Crippen LogP contribution in [0.4, 0.5) is 5.69 Å². The van der Waals surface area contributed by atoms with Crippen molar-refractivity contribution < 1.29 is 9.59 Å². The van der Waals surface area contributed by atoms with Crippen LogP contribution in [0, 0.1) is 20.8 Å². The molecule has 0 aromatic heterocycles. The number of carbonyl (C=O) groups excluding carboxylic acids is 2. The molecule has 156 valence electrons. The predicted octanol–water partition coefficient (Wildman–Crippen LogP) is 3.92. The van der Waals surface area contributed by atoms with Gasteiger partial charge in [0.15, 0.2) is 0 Å². The van der Waals surface area contributed by atoms with Crippen molar-refractivity contribution in [3.63, 3.8) is 0 Å². The van der Waals surface area contributed by atoms with Gasteiger partial charge in [-0.3, -0.25) is 14.5 Å². The van der Waals surface area contributed by atoms with E-state index in [-0.39, 0.29) is 30.9 Å². The first-order chi connectivity index (χ1) is 13.7. The summed E-state index contributed by atoms with van der Waals surface area (Å²) in [6.45, 7) is 10.4. The monoisotopic (exact) mass is 395 g/mol. The number of anilines is 1. The van der Waals surface area contributed by atoms with Crippen LogP contribution in [0.15, 0.2) is 36.4 Å². The molecule has 2 N–H and O–H groups in total. The molecule has 2 aromatic rings. The highest BCUT2D eigenvalue weighted by Gasteiger charge is 2.15. The van der Waals surface area contributed by atoms with Crippen molar-refractivity contribution in [2.45, 2.75) is 47.1 Å². The van der Waals surface area contributed by atoms with E-state index in [1.54, 1.807) is 11.9 Å². The summed E-state index contributed by atoms with van der Waals surface area (Å²) in [5.41, 5.74) is 6.45. The summed E-state index contributed by atoms with van der Waals surface area (Å²) in [5, 5.41) is 5.97. The van der Waals surface area contributed by atoms with Crippen LogP contribution in [0.25, 0.3) is 0 Å². The van der Waals surface area contributed by atoms with Crippen molar-refractivity contribution in [3.05, 3.63) is 64.2 Å². The molecule has 0 saturated heterocycles. The molecule has 1 unspecified atom stereocenters. The summed E-state index contributed by atoms with van der Waals surface area (Å²) in [4.78, 5) is 26.5. The Morgan fingerprint density at radius 1 is 0.966 bits per heavy atom. The number of benzene rings is 2. The minimum atomic E-state index is -0.126. The molecule has 5 nitrogen and oxygen atoms in total. The number of amides is 2. The molecule has 29 heavy (non-hydrogen) atoms. The maximum Gasteiger partial charge on any atom is 0.238 e. The molecule has 0 radical (unpaired) electrons. The van der Waals surface area contributed by atoms with Crippen LogP contribution in [0.3, 0.4) is 0 Å². The molecule has 0 aliphatic heterocycles. The van der Waals surface area contributed by atoms with Gasteiger partial charge in [0.25, 0.3) is 0 Å². The molecule has 0 heterocycles. The molecular weight excluding hydrogens is 362 g/mol. The van der Waals surface area contributed by atoms with Crippen LogP contribution in [0.1, 0.15) is 47.7 Å². The van der Waals surface area contributed by atoms with Gasteiger partial charge in [-0.05, 0) is 63.4 Å². The lowest BCUT2D eigenvalue weighted by Crippen LogP contribution is -2.39. The SMILES string of the molecule is CCc1ccc(C(C)NC(=O)CN(C)CC(=O)Nc2c(C)cc(C)cc2C)cc1. The van der Waals surface area contributed by atoms with E-state index in [0.29, 0.717) is 0 Å². The van der Waals surface area contributed by atoms with Gasteiger partial charge in [-0.2, -0.15) is 0 Å². The predicted molar refractivity (Wildman–Crippen MR) is 119 cm³/mol. The first kappa shape index (κ1) is 22.6. The fourth-order valence-corrected chi connectivity index (χ4v) is 3.51. The Morgan fingerprint density at radius 3 is 2.07 bits per heavy atom. The molecule has 0 saturated carbocycles. The van der Waals surface area contributed by atoms with Crippen molar-refractivity contribution in [1.82, 2.24) is 10.2 Å². The maximum atomic E-state index is 12.4. The standard InChI is InChI=1S/C24H33N3O2/c1-7-20-8-10-21(11-9-20)19(5)25-22(28)14-27(6)15-23(29)26-24-17(3)12-16(2)13-18(24)4/h8-13,19H,7,14-15H2,1-6H3,(H,25,28)(H,26,29). The Labute approximate surface area is 174 Å². The van der Waals surface area contributed by atoms with Crippen molar-refractivity contribution >= 4 is 17.5 Å². The smallest absolute Gasteiger partial charge is 0.238 e. The third-order valence-electron chi connectivity index (χ3n) is 5.03.